The van der Waals surface area contributed by atoms with Crippen molar-refractivity contribution in [3.8, 4) is 0 Å². The van der Waals surface area contributed by atoms with Gasteiger partial charge in [0.1, 0.15) is 0 Å². The second-order valence-corrected chi connectivity index (χ2v) is 5.39. The van der Waals surface area contributed by atoms with E-state index in [1.54, 1.807) is 7.05 Å². The lowest BCUT2D eigenvalue weighted by Gasteiger charge is -2.16. The summed E-state index contributed by atoms with van der Waals surface area (Å²) in [4.78, 5) is 16.6. The van der Waals surface area contributed by atoms with Gasteiger partial charge in [-0.1, -0.05) is 20.8 Å². The molecule has 1 aromatic heterocycles. The van der Waals surface area contributed by atoms with Crippen LogP contribution in [-0.2, 0) is 5.41 Å². The molecule has 15 heavy (non-hydrogen) atoms. The minimum atomic E-state index is -0.232. The molecular weight excluding hydrogens is 210 g/mol. The fourth-order valence-corrected chi connectivity index (χ4v) is 2.32. The van der Waals surface area contributed by atoms with E-state index in [0.29, 0.717) is 5.13 Å². The van der Waals surface area contributed by atoms with Crippen LogP contribution in [0.25, 0.3) is 0 Å². The van der Waals surface area contributed by atoms with Gasteiger partial charge in [0.15, 0.2) is 5.13 Å². The van der Waals surface area contributed by atoms with E-state index in [-0.39, 0.29) is 11.4 Å². The van der Waals surface area contributed by atoms with Gasteiger partial charge in [-0.3, -0.25) is 5.32 Å². The van der Waals surface area contributed by atoms with E-state index < -0.39 is 0 Å². The number of urea groups is 1. The Hall–Kier alpha value is -1.10. The fourth-order valence-electron chi connectivity index (χ4n) is 1.31. The van der Waals surface area contributed by atoms with Crippen molar-refractivity contribution < 1.29 is 4.79 Å². The van der Waals surface area contributed by atoms with Gasteiger partial charge in [-0.15, -0.1) is 11.3 Å². The number of nitrogens with one attached hydrogen (secondary N) is 2. The molecule has 1 rings (SSSR count). The highest BCUT2D eigenvalue weighted by Gasteiger charge is 2.21. The lowest BCUT2D eigenvalue weighted by atomic mass is 9.94. The SMILES string of the molecule is CNC(=O)Nc1nc(C)c(C(C)(C)C)s1. The van der Waals surface area contributed by atoms with Crippen molar-refractivity contribution in [2.75, 3.05) is 12.4 Å². The van der Waals surface area contributed by atoms with Crippen LogP contribution in [0.1, 0.15) is 31.3 Å². The number of nitrogens with zero attached hydrogens (tertiary/aromatic N) is 1. The second-order valence-electron chi connectivity index (χ2n) is 4.39. The van der Waals surface area contributed by atoms with Crippen LogP contribution in [0, 0.1) is 6.92 Å². The topological polar surface area (TPSA) is 54.0 Å². The summed E-state index contributed by atoms with van der Waals surface area (Å²) in [5, 5.41) is 5.83. The van der Waals surface area contributed by atoms with E-state index in [0.717, 1.165) is 5.69 Å². The number of rotatable bonds is 1. The largest absolute Gasteiger partial charge is 0.341 e. The van der Waals surface area contributed by atoms with Crippen molar-refractivity contribution >= 4 is 22.5 Å². The number of anilines is 1. The Morgan fingerprint density at radius 2 is 2.00 bits per heavy atom. The van der Waals surface area contributed by atoms with Gasteiger partial charge in [0.05, 0.1) is 5.69 Å². The quantitative estimate of drug-likeness (QED) is 0.774. The maximum atomic E-state index is 11.1. The number of aromatic nitrogens is 1. The molecule has 0 radical (unpaired) electrons. The van der Waals surface area contributed by atoms with E-state index in [2.05, 4.69) is 36.4 Å². The molecule has 1 heterocycles. The van der Waals surface area contributed by atoms with Gasteiger partial charge in [-0.05, 0) is 12.3 Å². The Labute approximate surface area is 94.1 Å². The van der Waals surface area contributed by atoms with Crippen LogP contribution in [0.15, 0.2) is 0 Å². The predicted octanol–water partition coefficient (Wildman–Crippen LogP) is 2.50. The maximum absolute atomic E-state index is 11.1. The number of hydrogen-bond donors (Lipinski definition) is 2. The molecule has 0 spiro atoms. The van der Waals surface area contributed by atoms with Gasteiger partial charge in [-0.2, -0.15) is 0 Å². The highest BCUT2D eigenvalue weighted by atomic mass is 32.1. The average molecular weight is 227 g/mol. The standard InChI is InChI=1S/C10H17N3OS/c1-6-7(10(2,3)4)15-9(12-6)13-8(14)11-5/h1-5H3,(H2,11,12,13,14). The number of amides is 2. The van der Waals surface area contributed by atoms with Crippen molar-refractivity contribution in [2.45, 2.75) is 33.1 Å². The van der Waals surface area contributed by atoms with Gasteiger partial charge >= 0.3 is 6.03 Å². The van der Waals surface area contributed by atoms with Gasteiger partial charge in [-0.25, -0.2) is 9.78 Å². The molecule has 0 aliphatic carbocycles. The van der Waals surface area contributed by atoms with Gasteiger partial charge in [0.2, 0.25) is 0 Å². The minimum Gasteiger partial charge on any atom is -0.341 e. The molecule has 0 aliphatic heterocycles. The smallest absolute Gasteiger partial charge is 0.320 e. The van der Waals surface area contributed by atoms with Gasteiger partial charge < -0.3 is 5.32 Å². The Morgan fingerprint density at radius 1 is 1.40 bits per heavy atom. The molecular formula is C10H17N3OS. The van der Waals surface area contributed by atoms with Crippen molar-refractivity contribution in [3.05, 3.63) is 10.6 Å². The molecule has 5 heteroatoms. The highest BCUT2D eigenvalue weighted by Crippen LogP contribution is 2.33. The van der Waals surface area contributed by atoms with Crippen molar-refractivity contribution in [1.82, 2.24) is 10.3 Å². The number of hydrogen-bond acceptors (Lipinski definition) is 3. The molecule has 1 aromatic rings. The molecule has 0 unspecified atom stereocenters. The molecule has 2 N–H and O–H groups in total. The second kappa shape index (κ2) is 4.18. The van der Waals surface area contributed by atoms with Crippen molar-refractivity contribution in [3.63, 3.8) is 0 Å². The first kappa shape index (κ1) is 12.0. The minimum absolute atomic E-state index is 0.0738. The molecule has 0 saturated heterocycles. The lowest BCUT2D eigenvalue weighted by Crippen LogP contribution is -2.24. The molecule has 4 nitrogen and oxygen atoms in total. The van der Waals surface area contributed by atoms with E-state index in [4.69, 9.17) is 0 Å². The molecule has 0 bridgehead atoms. The number of carbonyl (C=O) groups excluding carboxylic acids is 1. The number of carbonyl (C=O) groups is 1. The third kappa shape index (κ3) is 2.92. The van der Waals surface area contributed by atoms with E-state index in [9.17, 15) is 4.79 Å². The van der Waals surface area contributed by atoms with E-state index >= 15 is 0 Å². The first-order chi connectivity index (χ1) is 6.84. The maximum Gasteiger partial charge on any atom is 0.320 e. The third-order valence-corrected chi connectivity index (χ3v) is 3.42. The molecule has 0 aromatic carbocycles. The van der Waals surface area contributed by atoms with Crippen LogP contribution in [0.5, 0.6) is 0 Å². The van der Waals surface area contributed by atoms with Crippen molar-refractivity contribution in [2.24, 2.45) is 0 Å². The van der Waals surface area contributed by atoms with Crippen LogP contribution in [0.2, 0.25) is 0 Å². The lowest BCUT2D eigenvalue weighted by molar-refractivity contribution is 0.254. The summed E-state index contributed by atoms with van der Waals surface area (Å²) in [6.45, 7) is 8.37. The monoisotopic (exact) mass is 227 g/mol. The first-order valence-corrected chi connectivity index (χ1v) is 5.63. The van der Waals surface area contributed by atoms with Crippen LogP contribution in [0.4, 0.5) is 9.93 Å². The average Bonchev–Trinajstić information content (AvgIpc) is 2.45. The normalized spacial score (nSPS) is 11.3. The Kier molecular flexibility index (Phi) is 3.34. The summed E-state index contributed by atoms with van der Waals surface area (Å²) < 4.78 is 0. The molecule has 0 atom stereocenters. The molecule has 0 aliphatic rings. The molecule has 2 amide bonds. The van der Waals surface area contributed by atoms with Crippen molar-refractivity contribution in [1.29, 1.82) is 0 Å². The van der Waals surface area contributed by atoms with Gasteiger partial charge in [0.25, 0.3) is 0 Å². The number of aryl methyl sites for hydroxylation is 1. The van der Waals surface area contributed by atoms with Crippen LogP contribution < -0.4 is 10.6 Å². The van der Waals surface area contributed by atoms with Crippen LogP contribution in [0.3, 0.4) is 0 Å². The Balaban J connectivity index is 2.91. The molecule has 0 fully saturated rings. The van der Waals surface area contributed by atoms with E-state index in [1.165, 1.54) is 16.2 Å². The third-order valence-electron chi connectivity index (χ3n) is 1.93. The fraction of sp³-hybridized carbons (Fsp3) is 0.600. The zero-order valence-electron chi connectivity index (χ0n) is 9.76. The Morgan fingerprint density at radius 3 is 2.40 bits per heavy atom. The van der Waals surface area contributed by atoms with Crippen LogP contribution >= 0.6 is 11.3 Å². The Bertz CT molecular complexity index is 365. The summed E-state index contributed by atoms with van der Waals surface area (Å²) in [7, 11) is 1.58. The van der Waals surface area contributed by atoms with Gasteiger partial charge in [0, 0.05) is 11.9 Å². The molecule has 84 valence electrons. The summed E-state index contributed by atoms with van der Waals surface area (Å²) in [5.41, 5.74) is 1.06. The van der Waals surface area contributed by atoms with E-state index in [1.807, 2.05) is 6.92 Å². The highest BCUT2D eigenvalue weighted by molar-refractivity contribution is 7.16. The van der Waals surface area contributed by atoms with Crippen LogP contribution in [-0.4, -0.2) is 18.1 Å². The summed E-state index contributed by atoms with van der Waals surface area (Å²) in [6.07, 6.45) is 0. The summed E-state index contributed by atoms with van der Waals surface area (Å²) >= 11 is 1.53. The molecule has 0 saturated carbocycles. The summed E-state index contributed by atoms with van der Waals surface area (Å²) in [6, 6.07) is -0.232. The predicted molar refractivity (Wildman–Crippen MR) is 63.6 cm³/mol. The number of thiazole rings is 1. The zero-order valence-corrected chi connectivity index (χ0v) is 10.6. The first-order valence-electron chi connectivity index (χ1n) is 4.81. The summed E-state index contributed by atoms with van der Waals surface area (Å²) in [5.74, 6) is 0. The zero-order chi connectivity index (χ0) is 11.6.